The number of benzene rings is 2. The summed E-state index contributed by atoms with van der Waals surface area (Å²) in [6, 6.07) is 13.3. The summed E-state index contributed by atoms with van der Waals surface area (Å²) >= 11 is 5.99. The van der Waals surface area contributed by atoms with Crippen LogP contribution in [-0.2, 0) is 0 Å². The molecule has 1 nitrogen and oxygen atoms in total. The molecule has 1 saturated heterocycles. The van der Waals surface area contributed by atoms with Gasteiger partial charge >= 0.3 is 0 Å². The van der Waals surface area contributed by atoms with E-state index in [-0.39, 0.29) is 0 Å². The number of nitrogens with one attached hydrogen (secondary N) is 1. The van der Waals surface area contributed by atoms with Crippen molar-refractivity contribution >= 4 is 22.4 Å². The Morgan fingerprint density at radius 3 is 2.65 bits per heavy atom. The second-order valence-corrected chi connectivity index (χ2v) is 5.19. The third-order valence-electron chi connectivity index (χ3n) is 3.54. The second kappa shape index (κ2) is 4.67. The predicted molar refractivity (Wildman–Crippen MR) is 73.6 cm³/mol. The molecule has 0 amide bonds. The maximum absolute atomic E-state index is 5.99. The van der Waals surface area contributed by atoms with Crippen LogP contribution in [0.1, 0.15) is 30.9 Å². The molecule has 0 aliphatic carbocycles. The molecule has 2 aromatic rings. The molecular formula is C15H16ClN. The molecule has 1 unspecified atom stereocenters. The fraction of sp³-hybridized carbons (Fsp3) is 0.333. The van der Waals surface area contributed by atoms with Gasteiger partial charge in [-0.05, 0) is 53.9 Å². The van der Waals surface area contributed by atoms with Crippen LogP contribution in [0.25, 0.3) is 10.8 Å². The molecule has 1 aliphatic rings. The van der Waals surface area contributed by atoms with E-state index in [2.05, 4.69) is 29.6 Å². The monoisotopic (exact) mass is 245 g/mol. The van der Waals surface area contributed by atoms with E-state index >= 15 is 0 Å². The average Bonchev–Trinajstić information content (AvgIpc) is 2.39. The van der Waals surface area contributed by atoms with Crippen molar-refractivity contribution < 1.29 is 0 Å². The van der Waals surface area contributed by atoms with Crippen molar-refractivity contribution in [2.45, 2.75) is 25.3 Å². The molecule has 1 atom stereocenters. The third-order valence-corrected chi connectivity index (χ3v) is 3.77. The zero-order chi connectivity index (χ0) is 11.7. The number of piperidine rings is 1. The van der Waals surface area contributed by atoms with Gasteiger partial charge < -0.3 is 5.32 Å². The maximum atomic E-state index is 5.99. The highest BCUT2D eigenvalue weighted by Gasteiger charge is 2.14. The van der Waals surface area contributed by atoms with Gasteiger partial charge in [-0.25, -0.2) is 0 Å². The number of fused-ring (bicyclic) bond motifs is 1. The number of hydrogen-bond donors (Lipinski definition) is 1. The summed E-state index contributed by atoms with van der Waals surface area (Å²) in [7, 11) is 0. The van der Waals surface area contributed by atoms with Crippen molar-refractivity contribution in [1.29, 1.82) is 0 Å². The number of hydrogen-bond acceptors (Lipinski definition) is 1. The van der Waals surface area contributed by atoms with Crippen LogP contribution in [-0.4, -0.2) is 6.54 Å². The fourth-order valence-electron chi connectivity index (χ4n) is 2.59. The molecule has 1 N–H and O–H groups in total. The molecule has 0 bridgehead atoms. The normalized spacial score (nSPS) is 20.6. The lowest BCUT2D eigenvalue weighted by Gasteiger charge is -2.24. The van der Waals surface area contributed by atoms with E-state index in [0.717, 1.165) is 11.6 Å². The van der Waals surface area contributed by atoms with Crippen molar-refractivity contribution in [3.63, 3.8) is 0 Å². The van der Waals surface area contributed by atoms with Gasteiger partial charge in [0, 0.05) is 11.1 Å². The van der Waals surface area contributed by atoms with Crippen LogP contribution in [0, 0.1) is 0 Å². The Morgan fingerprint density at radius 1 is 1.00 bits per heavy atom. The van der Waals surface area contributed by atoms with E-state index in [1.807, 2.05) is 12.1 Å². The second-order valence-electron chi connectivity index (χ2n) is 4.75. The molecule has 3 rings (SSSR count). The molecular weight excluding hydrogens is 230 g/mol. The lowest BCUT2D eigenvalue weighted by molar-refractivity contribution is 0.412. The van der Waals surface area contributed by atoms with Gasteiger partial charge in [-0.2, -0.15) is 0 Å². The van der Waals surface area contributed by atoms with E-state index in [4.69, 9.17) is 11.6 Å². The number of halogens is 1. The van der Waals surface area contributed by atoms with Crippen molar-refractivity contribution in [1.82, 2.24) is 5.32 Å². The van der Waals surface area contributed by atoms with E-state index in [0.29, 0.717) is 6.04 Å². The summed E-state index contributed by atoms with van der Waals surface area (Å²) in [4.78, 5) is 0. The first-order chi connectivity index (χ1) is 8.33. The standard InChI is InChI=1S/C15H16ClN/c16-14-7-6-11-9-13(5-4-12(11)10-14)15-3-1-2-8-17-15/h4-7,9-10,15,17H,1-3,8H2. The Morgan fingerprint density at radius 2 is 1.82 bits per heavy atom. The highest BCUT2D eigenvalue weighted by Crippen LogP contribution is 2.27. The van der Waals surface area contributed by atoms with Crippen LogP contribution < -0.4 is 5.32 Å². The zero-order valence-electron chi connectivity index (χ0n) is 9.75. The molecule has 1 aliphatic heterocycles. The third kappa shape index (κ3) is 2.31. The first kappa shape index (κ1) is 11.1. The molecule has 0 spiro atoms. The van der Waals surface area contributed by atoms with Gasteiger partial charge in [-0.15, -0.1) is 0 Å². The van der Waals surface area contributed by atoms with Crippen LogP contribution in [0.15, 0.2) is 36.4 Å². The highest BCUT2D eigenvalue weighted by molar-refractivity contribution is 6.31. The minimum atomic E-state index is 0.531. The van der Waals surface area contributed by atoms with Crippen LogP contribution in [0.4, 0.5) is 0 Å². The molecule has 0 saturated carbocycles. The minimum Gasteiger partial charge on any atom is -0.310 e. The van der Waals surface area contributed by atoms with E-state index in [1.54, 1.807) is 0 Å². The summed E-state index contributed by atoms with van der Waals surface area (Å²) < 4.78 is 0. The summed E-state index contributed by atoms with van der Waals surface area (Å²) in [6.07, 6.45) is 3.88. The fourth-order valence-corrected chi connectivity index (χ4v) is 2.77. The first-order valence-corrected chi connectivity index (χ1v) is 6.63. The summed E-state index contributed by atoms with van der Waals surface area (Å²) in [5.41, 5.74) is 1.40. The summed E-state index contributed by atoms with van der Waals surface area (Å²) in [5.74, 6) is 0. The molecule has 2 heteroatoms. The van der Waals surface area contributed by atoms with Gasteiger partial charge in [0.25, 0.3) is 0 Å². The Balaban J connectivity index is 1.98. The molecule has 0 radical (unpaired) electrons. The highest BCUT2D eigenvalue weighted by atomic mass is 35.5. The summed E-state index contributed by atoms with van der Waals surface area (Å²) in [5, 5.41) is 6.89. The van der Waals surface area contributed by atoms with Crippen LogP contribution in [0.5, 0.6) is 0 Å². The molecule has 1 heterocycles. The van der Waals surface area contributed by atoms with Crippen molar-refractivity contribution in [2.75, 3.05) is 6.54 Å². The smallest absolute Gasteiger partial charge is 0.0412 e. The van der Waals surface area contributed by atoms with Crippen molar-refractivity contribution in [3.05, 3.63) is 47.0 Å². The largest absolute Gasteiger partial charge is 0.310 e. The molecule has 1 fully saturated rings. The molecule has 2 aromatic carbocycles. The predicted octanol–water partition coefficient (Wildman–Crippen LogP) is 4.31. The van der Waals surface area contributed by atoms with Crippen molar-refractivity contribution in [3.8, 4) is 0 Å². The van der Waals surface area contributed by atoms with Crippen LogP contribution in [0.3, 0.4) is 0 Å². The number of rotatable bonds is 1. The van der Waals surface area contributed by atoms with E-state index in [1.165, 1.54) is 35.6 Å². The Labute approximate surface area is 107 Å². The molecule has 17 heavy (non-hydrogen) atoms. The lowest BCUT2D eigenvalue weighted by Crippen LogP contribution is -2.26. The van der Waals surface area contributed by atoms with Crippen molar-refractivity contribution in [2.24, 2.45) is 0 Å². The van der Waals surface area contributed by atoms with Crippen LogP contribution >= 0.6 is 11.6 Å². The minimum absolute atomic E-state index is 0.531. The van der Waals surface area contributed by atoms with E-state index in [9.17, 15) is 0 Å². The van der Waals surface area contributed by atoms with Gasteiger partial charge in [-0.3, -0.25) is 0 Å². The molecule has 0 aromatic heterocycles. The molecule has 88 valence electrons. The van der Waals surface area contributed by atoms with Gasteiger partial charge in [-0.1, -0.05) is 36.2 Å². The van der Waals surface area contributed by atoms with Crippen LogP contribution in [0.2, 0.25) is 5.02 Å². The average molecular weight is 246 g/mol. The Kier molecular flexibility index (Phi) is 3.04. The lowest BCUT2D eigenvalue weighted by atomic mass is 9.95. The quantitative estimate of drug-likeness (QED) is 0.790. The van der Waals surface area contributed by atoms with Gasteiger partial charge in [0.15, 0.2) is 0 Å². The van der Waals surface area contributed by atoms with E-state index < -0.39 is 0 Å². The maximum Gasteiger partial charge on any atom is 0.0412 e. The van der Waals surface area contributed by atoms with Gasteiger partial charge in [0.1, 0.15) is 0 Å². The SMILES string of the molecule is Clc1ccc2cc(C3CCCCN3)ccc2c1. The Bertz CT molecular complexity index is 529. The Hall–Kier alpha value is -1.05. The van der Waals surface area contributed by atoms with Gasteiger partial charge in [0.2, 0.25) is 0 Å². The van der Waals surface area contributed by atoms with Gasteiger partial charge in [0.05, 0.1) is 0 Å². The zero-order valence-corrected chi connectivity index (χ0v) is 10.5. The topological polar surface area (TPSA) is 12.0 Å². The summed E-state index contributed by atoms with van der Waals surface area (Å²) in [6.45, 7) is 1.14. The first-order valence-electron chi connectivity index (χ1n) is 6.25.